The molecule has 0 amide bonds. The van der Waals surface area contributed by atoms with Crippen LogP contribution in [0.4, 0.5) is 5.69 Å². The van der Waals surface area contributed by atoms with Gasteiger partial charge in [0.25, 0.3) is 10.0 Å². The first-order valence-corrected chi connectivity index (χ1v) is 7.04. The smallest absolute Gasteiger partial charge is 0.261 e. The number of aromatic nitrogens is 1. The second kappa shape index (κ2) is 4.85. The number of nitrogens with one attached hydrogen (secondary N) is 1. The fraction of sp³-hybridized carbons (Fsp3) is 0. The zero-order chi connectivity index (χ0) is 12.3. The van der Waals surface area contributed by atoms with Gasteiger partial charge in [-0.25, -0.2) is 8.42 Å². The molecular formula is C11H9BrN2O2S. The van der Waals surface area contributed by atoms with E-state index < -0.39 is 10.0 Å². The van der Waals surface area contributed by atoms with Crippen LogP contribution in [0.2, 0.25) is 0 Å². The van der Waals surface area contributed by atoms with Gasteiger partial charge in [0.1, 0.15) is 0 Å². The predicted molar refractivity (Wildman–Crippen MR) is 69.2 cm³/mol. The standard InChI is InChI=1S/C11H9BrN2O2S/c12-10-8-13-7-6-11(10)14-17(15,16)9-4-2-1-3-5-9/h1-8H,(H,13,14). The van der Waals surface area contributed by atoms with Crippen molar-refractivity contribution in [2.24, 2.45) is 0 Å². The highest BCUT2D eigenvalue weighted by Gasteiger charge is 2.14. The van der Waals surface area contributed by atoms with Gasteiger partial charge >= 0.3 is 0 Å². The number of nitrogens with zero attached hydrogens (tertiary/aromatic N) is 1. The molecule has 0 aliphatic heterocycles. The Labute approximate surface area is 108 Å². The molecule has 6 heteroatoms. The van der Waals surface area contributed by atoms with Crippen LogP contribution >= 0.6 is 15.9 Å². The van der Waals surface area contributed by atoms with Gasteiger partial charge in [0, 0.05) is 12.4 Å². The van der Waals surface area contributed by atoms with Crippen molar-refractivity contribution in [2.75, 3.05) is 4.72 Å². The molecule has 0 unspecified atom stereocenters. The van der Waals surface area contributed by atoms with E-state index in [1.54, 1.807) is 24.3 Å². The van der Waals surface area contributed by atoms with Crippen molar-refractivity contribution in [1.82, 2.24) is 4.98 Å². The third-order valence-electron chi connectivity index (χ3n) is 2.07. The number of hydrogen-bond donors (Lipinski definition) is 1. The van der Waals surface area contributed by atoms with E-state index >= 15 is 0 Å². The predicted octanol–water partition coefficient (Wildman–Crippen LogP) is 2.64. The maximum absolute atomic E-state index is 12.0. The molecule has 0 radical (unpaired) electrons. The fourth-order valence-corrected chi connectivity index (χ4v) is 2.84. The minimum absolute atomic E-state index is 0.226. The Hall–Kier alpha value is -1.40. The van der Waals surface area contributed by atoms with Crippen molar-refractivity contribution in [1.29, 1.82) is 0 Å². The molecule has 0 saturated carbocycles. The molecule has 4 nitrogen and oxygen atoms in total. The summed E-state index contributed by atoms with van der Waals surface area (Å²) in [4.78, 5) is 4.09. The first kappa shape index (κ1) is 12.1. The molecule has 0 atom stereocenters. The summed E-state index contributed by atoms with van der Waals surface area (Å²) in [5, 5.41) is 0. The van der Waals surface area contributed by atoms with E-state index in [9.17, 15) is 8.42 Å². The van der Waals surface area contributed by atoms with Crippen molar-refractivity contribution in [3.05, 3.63) is 53.3 Å². The monoisotopic (exact) mass is 312 g/mol. The van der Waals surface area contributed by atoms with Gasteiger partial charge < -0.3 is 0 Å². The van der Waals surface area contributed by atoms with E-state index in [4.69, 9.17) is 0 Å². The number of sulfonamides is 1. The fourth-order valence-electron chi connectivity index (χ4n) is 1.26. The van der Waals surface area contributed by atoms with Crippen LogP contribution in [0.1, 0.15) is 0 Å². The number of anilines is 1. The van der Waals surface area contributed by atoms with Crippen LogP contribution in [0.15, 0.2) is 58.2 Å². The molecule has 17 heavy (non-hydrogen) atoms. The maximum Gasteiger partial charge on any atom is 0.261 e. The molecule has 0 spiro atoms. The number of rotatable bonds is 3. The van der Waals surface area contributed by atoms with Crippen LogP contribution in [0, 0.1) is 0 Å². The lowest BCUT2D eigenvalue weighted by atomic mass is 10.4. The molecule has 1 aromatic carbocycles. The minimum Gasteiger partial charge on any atom is -0.278 e. The normalized spacial score (nSPS) is 11.1. The summed E-state index contributed by atoms with van der Waals surface area (Å²) in [5.41, 5.74) is 0.462. The largest absolute Gasteiger partial charge is 0.278 e. The Morgan fingerprint density at radius 2 is 1.82 bits per heavy atom. The van der Waals surface area contributed by atoms with Gasteiger partial charge in [-0.1, -0.05) is 18.2 Å². The van der Waals surface area contributed by atoms with Crippen LogP contribution in [0.5, 0.6) is 0 Å². The number of hydrogen-bond acceptors (Lipinski definition) is 3. The topological polar surface area (TPSA) is 59.1 Å². The second-order valence-corrected chi connectivity index (χ2v) is 5.81. The molecule has 0 aliphatic carbocycles. The molecule has 0 saturated heterocycles. The second-order valence-electron chi connectivity index (χ2n) is 3.27. The Bertz CT molecular complexity index is 614. The van der Waals surface area contributed by atoms with Crippen molar-refractivity contribution < 1.29 is 8.42 Å². The van der Waals surface area contributed by atoms with Gasteiger partial charge in [0.15, 0.2) is 0 Å². The highest BCUT2D eigenvalue weighted by molar-refractivity contribution is 9.10. The van der Waals surface area contributed by atoms with Crippen molar-refractivity contribution in [2.45, 2.75) is 4.90 Å². The molecular weight excluding hydrogens is 304 g/mol. The van der Waals surface area contributed by atoms with Gasteiger partial charge in [-0.2, -0.15) is 0 Å². The first-order valence-electron chi connectivity index (χ1n) is 4.77. The number of halogens is 1. The lowest BCUT2D eigenvalue weighted by Gasteiger charge is -2.08. The highest BCUT2D eigenvalue weighted by atomic mass is 79.9. The lowest BCUT2D eigenvalue weighted by Crippen LogP contribution is -2.13. The van der Waals surface area contributed by atoms with Crippen molar-refractivity contribution in [3.63, 3.8) is 0 Å². The number of benzene rings is 1. The summed E-state index contributed by atoms with van der Waals surface area (Å²) in [5.74, 6) is 0. The summed E-state index contributed by atoms with van der Waals surface area (Å²) in [6.07, 6.45) is 3.05. The molecule has 0 fully saturated rings. The molecule has 0 aliphatic rings. The Morgan fingerprint density at radius 1 is 1.12 bits per heavy atom. The Kier molecular flexibility index (Phi) is 3.44. The summed E-state index contributed by atoms with van der Waals surface area (Å²) in [6, 6.07) is 9.78. The zero-order valence-corrected chi connectivity index (χ0v) is 11.1. The molecule has 1 N–H and O–H groups in total. The maximum atomic E-state index is 12.0. The van der Waals surface area contributed by atoms with Gasteiger partial charge in [0.05, 0.1) is 15.1 Å². The van der Waals surface area contributed by atoms with Crippen molar-refractivity contribution in [3.8, 4) is 0 Å². The highest BCUT2D eigenvalue weighted by Crippen LogP contribution is 2.23. The summed E-state index contributed by atoms with van der Waals surface area (Å²) in [6.45, 7) is 0. The SMILES string of the molecule is O=S(=O)(Nc1ccncc1Br)c1ccccc1. The van der Waals surface area contributed by atoms with Crippen LogP contribution in [-0.2, 0) is 10.0 Å². The molecule has 1 aromatic heterocycles. The first-order chi connectivity index (χ1) is 8.09. The molecule has 2 rings (SSSR count). The van der Waals surface area contributed by atoms with E-state index in [2.05, 4.69) is 25.6 Å². The average molecular weight is 313 g/mol. The Morgan fingerprint density at radius 3 is 2.47 bits per heavy atom. The quantitative estimate of drug-likeness (QED) is 0.947. The minimum atomic E-state index is -3.54. The average Bonchev–Trinajstić information content (AvgIpc) is 2.33. The third-order valence-corrected chi connectivity index (χ3v) is 4.08. The van der Waals surface area contributed by atoms with Crippen LogP contribution in [0.3, 0.4) is 0 Å². The van der Waals surface area contributed by atoms with E-state index in [0.29, 0.717) is 10.2 Å². The number of pyridine rings is 1. The lowest BCUT2D eigenvalue weighted by molar-refractivity contribution is 0.601. The molecule has 0 bridgehead atoms. The van der Waals surface area contributed by atoms with E-state index in [-0.39, 0.29) is 4.90 Å². The van der Waals surface area contributed by atoms with Gasteiger partial charge in [-0.15, -0.1) is 0 Å². The summed E-state index contributed by atoms with van der Waals surface area (Å²) >= 11 is 3.23. The van der Waals surface area contributed by atoms with Gasteiger partial charge in [-0.3, -0.25) is 9.71 Å². The molecule has 88 valence electrons. The van der Waals surface area contributed by atoms with Crippen LogP contribution in [0.25, 0.3) is 0 Å². The zero-order valence-electron chi connectivity index (χ0n) is 8.67. The Balaban J connectivity index is 2.34. The van der Waals surface area contributed by atoms with Crippen molar-refractivity contribution >= 4 is 31.6 Å². The van der Waals surface area contributed by atoms with E-state index in [1.807, 2.05) is 0 Å². The van der Waals surface area contributed by atoms with E-state index in [1.165, 1.54) is 24.5 Å². The molecule has 2 aromatic rings. The van der Waals surface area contributed by atoms with Crippen LogP contribution in [-0.4, -0.2) is 13.4 Å². The molecule has 1 heterocycles. The summed E-state index contributed by atoms with van der Waals surface area (Å²) < 4.78 is 27.1. The third kappa shape index (κ3) is 2.83. The van der Waals surface area contributed by atoms with E-state index in [0.717, 1.165) is 0 Å². The summed E-state index contributed by atoms with van der Waals surface area (Å²) in [7, 11) is -3.54. The van der Waals surface area contributed by atoms with Gasteiger partial charge in [-0.05, 0) is 34.1 Å². The van der Waals surface area contributed by atoms with Gasteiger partial charge in [0.2, 0.25) is 0 Å². The van der Waals surface area contributed by atoms with Crippen LogP contribution < -0.4 is 4.72 Å².